The van der Waals surface area contributed by atoms with Crippen LogP contribution in [0, 0.1) is 0 Å². The van der Waals surface area contributed by atoms with E-state index in [-0.39, 0.29) is 0 Å². The van der Waals surface area contributed by atoms with Crippen molar-refractivity contribution in [2.24, 2.45) is 0 Å². The highest BCUT2D eigenvalue weighted by Crippen LogP contribution is 2.24. The quantitative estimate of drug-likeness (QED) is 0.786. The van der Waals surface area contributed by atoms with E-state index < -0.39 is 0 Å². The van der Waals surface area contributed by atoms with Gasteiger partial charge in [0.2, 0.25) is 0 Å². The summed E-state index contributed by atoms with van der Waals surface area (Å²) in [4.78, 5) is 1.69. The minimum Gasteiger partial charge on any atom is -0.491 e. The first kappa shape index (κ1) is 14.4. The normalized spacial score (nSPS) is 15.6. The largest absolute Gasteiger partial charge is 0.491 e. The zero-order chi connectivity index (χ0) is 14.3. The maximum Gasteiger partial charge on any atom is 0.127 e. The average molecular weight is 286 g/mol. The second-order valence-corrected chi connectivity index (χ2v) is 5.65. The van der Waals surface area contributed by atoms with Crippen LogP contribution in [0.25, 0.3) is 10.8 Å². The van der Waals surface area contributed by atoms with Crippen LogP contribution in [0.15, 0.2) is 42.5 Å². The smallest absolute Gasteiger partial charge is 0.127 e. The molecule has 1 heterocycles. The minimum absolute atomic E-state index is 0.614. The predicted octanol–water partition coefficient (Wildman–Crippen LogP) is 1.91. The van der Waals surface area contributed by atoms with Crippen molar-refractivity contribution in [1.82, 2.24) is 0 Å². The fourth-order valence-electron chi connectivity index (χ4n) is 2.98. The lowest BCUT2D eigenvalue weighted by Gasteiger charge is -2.12. The van der Waals surface area contributed by atoms with Gasteiger partial charge in [0.05, 0.1) is 26.3 Å². The summed E-state index contributed by atoms with van der Waals surface area (Å²) in [5.74, 6) is 0.946. The molecule has 0 aromatic heterocycles. The van der Waals surface area contributed by atoms with Crippen molar-refractivity contribution < 1.29 is 14.4 Å². The monoisotopic (exact) mass is 286 g/mol. The van der Waals surface area contributed by atoms with Crippen LogP contribution in [-0.4, -0.2) is 39.5 Å². The molecule has 1 fully saturated rings. The predicted molar refractivity (Wildman–Crippen MR) is 85.1 cm³/mol. The van der Waals surface area contributed by atoms with E-state index in [1.54, 1.807) is 4.90 Å². The highest BCUT2D eigenvalue weighted by atomic mass is 16.5. The van der Waals surface area contributed by atoms with Gasteiger partial charge in [-0.25, -0.2) is 0 Å². The summed E-state index contributed by atoms with van der Waals surface area (Å²) >= 11 is 0. The van der Waals surface area contributed by atoms with Crippen LogP contribution in [0.1, 0.15) is 12.8 Å². The molecule has 21 heavy (non-hydrogen) atoms. The average Bonchev–Trinajstić information content (AvgIpc) is 3.04. The number of ether oxygens (including phenoxy) is 2. The Morgan fingerprint density at radius 3 is 2.57 bits per heavy atom. The summed E-state index contributed by atoms with van der Waals surface area (Å²) in [6, 6.07) is 14.5. The Labute approximate surface area is 126 Å². The van der Waals surface area contributed by atoms with Crippen LogP contribution >= 0.6 is 0 Å². The van der Waals surface area contributed by atoms with Gasteiger partial charge in [-0.15, -0.1) is 0 Å². The third-order valence-electron chi connectivity index (χ3n) is 4.15. The van der Waals surface area contributed by atoms with Crippen LogP contribution in [-0.2, 0) is 4.74 Å². The Morgan fingerprint density at radius 1 is 0.857 bits per heavy atom. The molecule has 0 amide bonds. The van der Waals surface area contributed by atoms with Gasteiger partial charge in [0.25, 0.3) is 0 Å². The number of hydrogen-bond donors (Lipinski definition) is 1. The molecule has 0 radical (unpaired) electrons. The van der Waals surface area contributed by atoms with Gasteiger partial charge < -0.3 is 14.4 Å². The minimum atomic E-state index is 0.614. The topological polar surface area (TPSA) is 22.9 Å². The second kappa shape index (κ2) is 7.43. The molecule has 0 unspecified atom stereocenters. The highest BCUT2D eigenvalue weighted by Gasteiger charge is 2.14. The Morgan fingerprint density at radius 2 is 1.67 bits per heavy atom. The molecule has 2 aromatic carbocycles. The van der Waals surface area contributed by atoms with E-state index in [2.05, 4.69) is 24.3 Å². The van der Waals surface area contributed by atoms with E-state index in [0.29, 0.717) is 13.2 Å². The molecule has 0 bridgehead atoms. The fraction of sp³-hybridized carbons (Fsp3) is 0.444. The summed E-state index contributed by atoms with van der Waals surface area (Å²) < 4.78 is 11.5. The van der Waals surface area contributed by atoms with Gasteiger partial charge in [0.15, 0.2) is 0 Å². The van der Waals surface area contributed by atoms with Crippen LogP contribution in [0.3, 0.4) is 0 Å². The number of hydrogen-bond acceptors (Lipinski definition) is 2. The van der Waals surface area contributed by atoms with Crippen LogP contribution in [0.4, 0.5) is 0 Å². The number of likely N-dealkylation sites (tertiary alicyclic amines) is 1. The van der Waals surface area contributed by atoms with Crippen molar-refractivity contribution in [1.29, 1.82) is 0 Å². The van der Waals surface area contributed by atoms with Gasteiger partial charge in [-0.1, -0.05) is 36.4 Å². The van der Waals surface area contributed by atoms with Gasteiger partial charge >= 0.3 is 0 Å². The maximum absolute atomic E-state index is 5.86. The number of nitrogens with one attached hydrogen (secondary N) is 1. The number of quaternary nitrogens is 1. The molecule has 1 N–H and O–H groups in total. The Bertz CT molecular complexity index is 559. The molecule has 3 nitrogen and oxygen atoms in total. The van der Waals surface area contributed by atoms with Crippen LogP contribution < -0.4 is 9.64 Å². The Hall–Kier alpha value is -1.58. The SMILES string of the molecule is c1ccc2c(OCCOCC[NH+]3CCCC3)cccc2c1. The van der Waals surface area contributed by atoms with E-state index in [1.807, 2.05) is 18.2 Å². The van der Waals surface area contributed by atoms with Crippen molar-refractivity contribution in [3.8, 4) is 5.75 Å². The summed E-state index contributed by atoms with van der Waals surface area (Å²) in [5, 5.41) is 2.38. The van der Waals surface area contributed by atoms with E-state index in [1.165, 1.54) is 36.7 Å². The fourth-order valence-corrected chi connectivity index (χ4v) is 2.98. The highest BCUT2D eigenvalue weighted by molar-refractivity contribution is 5.88. The zero-order valence-corrected chi connectivity index (χ0v) is 12.5. The van der Waals surface area contributed by atoms with E-state index in [4.69, 9.17) is 9.47 Å². The summed E-state index contributed by atoms with van der Waals surface area (Å²) in [5.41, 5.74) is 0. The second-order valence-electron chi connectivity index (χ2n) is 5.65. The third kappa shape index (κ3) is 3.96. The summed E-state index contributed by atoms with van der Waals surface area (Å²) in [6.07, 6.45) is 2.75. The molecule has 0 spiro atoms. The van der Waals surface area contributed by atoms with Crippen molar-refractivity contribution in [3.05, 3.63) is 42.5 Å². The van der Waals surface area contributed by atoms with Gasteiger partial charge in [-0.05, 0) is 11.5 Å². The van der Waals surface area contributed by atoms with E-state index >= 15 is 0 Å². The van der Waals surface area contributed by atoms with Gasteiger partial charge in [0, 0.05) is 18.2 Å². The molecule has 0 saturated carbocycles. The molecule has 112 valence electrons. The molecular weight excluding hydrogens is 262 g/mol. The molecule has 3 rings (SSSR count). The van der Waals surface area contributed by atoms with E-state index in [9.17, 15) is 0 Å². The maximum atomic E-state index is 5.86. The molecule has 0 aliphatic carbocycles. The molecule has 1 aliphatic heterocycles. The lowest BCUT2D eigenvalue weighted by molar-refractivity contribution is -0.887. The van der Waals surface area contributed by atoms with Crippen LogP contribution in [0.2, 0.25) is 0 Å². The van der Waals surface area contributed by atoms with Gasteiger partial charge in [0.1, 0.15) is 18.9 Å². The molecule has 0 atom stereocenters. The van der Waals surface area contributed by atoms with Gasteiger partial charge in [-0.2, -0.15) is 0 Å². The first-order valence-electron chi connectivity index (χ1n) is 7.95. The van der Waals surface area contributed by atoms with E-state index in [0.717, 1.165) is 18.9 Å². The lowest BCUT2D eigenvalue weighted by Crippen LogP contribution is -3.10. The number of fused-ring (bicyclic) bond motifs is 1. The number of benzene rings is 2. The van der Waals surface area contributed by atoms with Crippen molar-refractivity contribution in [3.63, 3.8) is 0 Å². The third-order valence-corrected chi connectivity index (χ3v) is 4.15. The van der Waals surface area contributed by atoms with Crippen molar-refractivity contribution in [2.45, 2.75) is 12.8 Å². The number of rotatable bonds is 7. The summed E-state index contributed by atoms with van der Waals surface area (Å²) in [7, 11) is 0. The van der Waals surface area contributed by atoms with Crippen molar-refractivity contribution in [2.75, 3.05) is 39.5 Å². The Balaban J connectivity index is 1.40. The molecule has 2 aromatic rings. The lowest BCUT2D eigenvalue weighted by atomic mass is 10.1. The van der Waals surface area contributed by atoms with Gasteiger partial charge in [-0.3, -0.25) is 0 Å². The first-order valence-corrected chi connectivity index (χ1v) is 7.95. The van der Waals surface area contributed by atoms with Crippen LogP contribution in [0.5, 0.6) is 5.75 Å². The summed E-state index contributed by atoms with van der Waals surface area (Å²) in [6.45, 7) is 5.88. The Kier molecular flexibility index (Phi) is 5.08. The van der Waals surface area contributed by atoms with Crippen molar-refractivity contribution >= 4 is 10.8 Å². The zero-order valence-electron chi connectivity index (χ0n) is 12.5. The molecular formula is C18H24NO2+. The molecule has 3 heteroatoms. The molecule has 1 saturated heterocycles. The molecule has 1 aliphatic rings. The standard InChI is InChI=1S/C18H23NO2/c1-2-8-17-16(6-1)7-5-9-18(17)21-15-14-20-13-12-19-10-3-4-11-19/h1-2,5-9H,3-4,10-15H2/p+1. The first-order chi connectivity index (χ1) is 10.4.